The maximum absolute atomic E-state index is 12.2. The molecule has 4 atom stereocenters. The lowest BCUT2D eigenvalue weighted by molar-refractivity contribution is -0.140. The Hall–Kier alpha value is -1.85. The van der Waals surface area contributed by atoms with Crippen LogP contribution >= 0.6 is 0 Å². The molecule has 2 aliphatic carbocycles. The predicted molar refractivity (Wildman–Crippen MR) is 64.6 cm³/mol. The molecular formula is C13H16N2O4. The fourth-order valence-electron chi connectivity index (χ4n) is 3.45. The Kier molecular flexibility index (Phi) is 2.80. The van der Waals surface area contributed by atoms with Crippen LogP contribution in [0.15, 0.2) is 12.2 Å². The summed E-state index contributed by atoms with van der Waals surface area (Å²) < 4.78 is 4.71. The van der Waals surface area contributed by atoms with Crippen LogP contribution in [-0.4, -0.2) is 36.1 Å². The largest absolute Gasteiger partial charge is 0.450 e. The second kappa shape index (κ2) is 4.36. The van der Waals surface area contributed by atoms with E-state index in [0.29, 0.717) is 0 Å². The Balaban J connectivity index is 1.67. The minimum atomic E-state index is -0.610. The van der Waals surface area contributed by atoms with Gasteiger partial charge in [-0.3, -0.25) is 14.5 Å². The van der Waals surface area contributed by atoms with Gasteiger partial charge < -0.3 is 10.1 Å². The highest BCUT2D eigenvalue weighted by Crippen LogP contribution is 2.52. The van der Waals surface area contributed by atoms with Crippen LogP contribution in [0.4, 0.5) is 4.79 Å². The quantitative estimate of drug-likeness (QED) is 0.595. The summed E-state index contributed by atoms with van der Waals surface area (Å²) in [6, 6.07) is 0. The van der Waals surface area contributed by atoms with E-state index in [-0.39, 0.29) is 48.8 Å². The number of likely N-dealkylation sites (tertiary alicyclic amines) is 1. The maximum atomic E-state index is 12.2. The van der Waals surface area contributed by atoms with Crippen molar-refractivity contribution in [3.05, 3.63) is 12.2 Å². The highest BCUT2D eigenvalue weighted by Gasteiger charge is 2.59. The molecule has 0 spiro atoms. The van der Waals surface area contributed by atoms with Crippen LogP contribution in [0.3, 0.4) is 0 Å². The Bertz CT molecular complexity index is 443. The van der Waals surface area contributed by atoms with Gasteiger partial charge >= 0.3 is 6.09 Å². The Morgan fingerprint density at radius 1 is 1.32 bits per heavy atom. The van der Waals surface area contributed by atoms with E-state index in [1.54, 1.807) is 6.92 Å². The van der Waals surface area contributed by atoms with Crippen molar-refractivity contribution in [2.45, 2.75) is 13.3 Å². The van der Waals surface area contributed by atoms with Crippen LogP contribution in [0.2, 0.25) is 0 Å². The fraction of sp³-hybridized carbons (Fsp3) is 0.615. The van der Waals surface area contributed by atoms with Gasteiger partial charge in [-0.1, -0.05) is 12.2 Å². The minimum absolute atomic E-state index is 0.0943. The van der Waals surface area contributed by atoms with Gasteiger partial charge in [0, 0.05) is 0 Å². The molecule has 0 radical (unpaired) electrons. The van der Waals surface area contributed by atoms with E-state index < -0.39 is 6.09 Å². The van der Waals surface area contributed by atoms with E-state index in [0.717, 1.165) is 11.3 Å². The van der Waals surface area contributed by atoms with Crippen molar-refractivity contribution in [3.8, 4) is 0 Å². The van der Waals surface area contributed by atoms with Crippen molar-refractivity contribution < 1.29 is 19.1 Å². The highest BCUT2D eigenvalue weighted by molar-refractivity contribution is 6.06. The Morgan fingerprint density at radius 3 is 2.42 bits per heavy atom. The maximum Gasteiger partial charge on any atom is 0.408 e. The van der Waals surface area contributed by atoms with Gasteiger partial charge in [0.15, 0.2) is 0 Å². The number of hydrogen-bond acceptors (Lipinski definition) is 4. The van der Waals surface area contributed by atoms with Crippen molar-refractivity contribution in [2.75, 3.05) is 13.3 Å². The third-order valence-corrected chi connectivity index (χ3v) is 4.22. The summed E-state index contributed by atoms with van der Waals surface area (Å²) in [6.07, 6.45) is 4.38. The fourth-order valence-corrected chi connectivity index (χ4v) is 3.45. The molecule has 102 valence electrons. The lowest BCUT2D eigenvalue weighted by Crippen LogP contribution is -2.42. The van der Waals surface area contributed by atoms with Gasteiger partial charge in [-0.25, -0.2) is 4.79 Å². The summed E-state index contributed by atoms with van der Waals surface area (Å²) in [6.45, 7) is 1.86. The van der Waals surface area contributed by atoms with Gasteiger partial charge in [0.1, 0.15) is 6.67 Å². The van der Waals surface area contributed by atoms with Gasteiger partial charge in [-0.15, -0.1) is 0 Å². The number of carbonyl (C=O) groups excluding carboxylic acids is 3. The zero-order valence-electron chi connectivity index (χ0n) is 10.7. The normalized spacial score (nSPS) is 34.9. The molecular weight excluding hydrogens is 248 g/mol. The number of nitrogens with one attached hydrogen (secondary N) is 1. The zero-order chi connectivity index (χ0) is 13.6. The summed E-state index contributed by atoms with van der Waals surface area (Å²) in [4.78, 5) is 36.8. The molecule has 3 aliphatic rings. The third kappa shape index (κ3) is 1.74. The molecule has 0 aromatic carbocycles. The molecule has 3 rings (SSSR count). The van der Waals surface area contributed by atoms with E-state index in [1.165, 1.54) is 0 Å². The number of amides is 3. The van der Waals surface area contributed by atoms with E-state index in [9.17, 15) is 14.4 Å². The number of alkyl carbamates (subject to hydrolysis) is 1. The van der Waals surface area contributed by atoms with Crippen LogP contribution in [0, 0.1) is 23.7 Å². The summed E-state index contributed by atoms with van der Waals surface area (Å²) in [7, 11) is 0. The average molecular weight is 264 g/mol. The number of imide groups is 1. The number of hydrogen-bond donors (Lipinski definition) is 1. The summed E-state index contributed by atoms with van der Waals surface area (Å²) in [5, 5.41) is 2.43. The molecule has 2 bridgehead atoms. The van der Waals surface area contributed by atoms with Gasteiger partial charge in [0.2, 0.25) is 11.8 Å². The molecule has 6 heteroatoms. The minimum Gasteiger partial charge on any atom is -0.450 e. The van der Waals surface area contributed by atoms with E-state index in [2.05, 4.69) is 5.32 Å². The monoisotopic (exact) mass is 264 g/mol. The van der Waals surface area contributed by atoms with Gasteiger partial charge in [-0.05, 0) is 25.2 Å². The van der Waals surface area contributed by atoms with Crippen LogP contribution in [0.1, 0.15) is 13.3 Å². The molecule has 0 unspecified atom stereocenters. The standard InChI is InChI=1S/C13H16N2O4/c1-2-19-13(18)14-6-15-11(16)9-7-3-4-8(5-7)10(9)12(15)17/h3-4,7-10H,2,5-6H2,1H3,(H,14,18)/t7-,8-,9+,10+/m0/s1. The van der Waals surface area contributed by atoms with Crippen molar-refractivity contribution in [3.63, 3.8) is 0 Å². The van der Waals surface area contributed by atoms with Crippen LogP contribution in [-0.2, 0) is 14.3 Å². The van der Waals surface area contributed by atoms with Crippen LogP contribution in [0.25, 0.3) is 0 Å². The Labute approximate surface area is 110 Å². The molecule has 1 saturated carbocycles. The topological polar surface area (TPSA) is 75.7 Å². The van der Waals surface area contributed by atoms with Gasteiger partial charge in [0.05, 0.1) is 18.4 Å². The number of rotatable bonds is 3. The number of ether oxygens (including phenoxy) is 1. The van der Waals surface area contributed by atoms with Crippen LogP contribution in [0.5, 0.6) is 0 Å². The molecule has 3 amide bonds. The first kappa shape index (κ1) is 12.2. The van der Waals surface area contributed by atoms with E-state index in [4.69, 9.17) is 4.74 Å². The molecule has 1 N–H and O–H groups in total. The summed E-state index contributed by atoms with van der Waals surface area (Å²) in [5.41, 5.74) is 0. The molecule has 0 aromatic heterocycles. The first-order chi connectivity index (χ1) is 9.13. The molecule has 1 heterocycles. The van der Waals surface area contributed by atoms with Crippen molar-refractivity contribution >= 4 is 17.9 Å². The first-order valence-electron chi connectivity index (χ1n) is 6.57. The average Bonchev–Trinajstić information content (AvgIpc) is 3.03. The van der Waals surface area contributed by atoms with E-state index >= 15 is 0 Å². The Morgan fingerprint density at radius 2 is 1.89 bits per heavy atom. The van der Waals surface area contributed by atoms with Crippen LogP contribution < -0.4 is 5.32 Å². The van der Waals surface area contributed by atoms with E-state index in [1.807, 2.05) is 12.2 Å². The SMILES string of the molecule is CCOC(=O)NCN1C(=O)[C@H]2[C@H](C1=O)[C@H]1C=C[C@H]2C1. The lowest BCUT2D eigenvalue weighted by atomic mass is 9.85. The molecule has 2 fully saturated rings. The highest BCUT2D eigenvalue weighted by atomic mass is 16.5. The summed E-state index contributed by atoms with van der Waals surface area (Å²) in [5.74, 6) is -0.372. The van der Waals surface area contributed by atoms with Crippen molar-refractivity contribution in [1.82, 2.24) is 10.2 Å². The third-order valence-electron chi connectivity index (χ3n) is 4.22. The van der Waals surface area contributed by atoms with Gasteiger partial charge in [0.25, 0.3) is 0 Å². The second-order valence-electron chi connectivity index (χ2n) is 5.16. The molecule has 19 heavy (non-hydrogen) atoms. The molecule has 6 nitrogen and oxygen atoms in total. The number of allylic oxidation sites excluding steroid dienone is 2. The number of nitrogens with zero attached hydrogens (tertiary/aromatic N) is 1. The predicted octanol–water partition coefficient (Wildman–Crippen LogP) is 0.497. The van der Waals surface area contributed by atoms with Gasteiger partial charge in [-0.2, -0.15) is 0 Å². The first-order valence-corrected chi connectivity index (χ1v) is 6.57. The zero-order valence-corrected chi connectivity index (χ0v) is 10.7. The van der Waals surface area contributed by atoms with Crippen molar-refractivity contribution in [1.29, 1.82) is 0 Å². The second-order valence-corrected chi connectivity index (χ2v) is 5.16. The lowest BCUT2D eigenvalue weighted by Gasteiger charge is -2.17. The molecule has 1 aliphatic heterocycles. The smallest absolute Gasteiger partial charge is 0.408 e. The summed E-state index contributed by atoms with van der Waals surface area (Å²) >= 11 is 0. The molecule has 1 saturated heterocycles. The molecule has 0 aromatic rings. The van der Waals surface area contributed by atoms with Crippen molar-refractivity contribution in [2.24, 2.45) is 23.7 Å². The number of carbonyl (C=O) groups is 3. The number of fused-ring (bicyclic) bond motifs is 5.